The van der Waals surface area contributed by atoms with Crippen LogP contribution in [0.3, 0.4) is 0 Å². The molecule has 0 bridgehead atoms. The standard InChI is InChI=1S/C12H13ClN4O/c1-15-5-8-4-10(13)2-3-11(8)17-7-9(6-16-17)12(14)18/h2-4,6-7,15H,5H2,1H3,(H2,14,18). The second-order valence-corrected chi connectivity index (χ2v) is 4.28. The summed E-state index contributed by atoms with van der Waals surface area (Å²) in [7, 11) is 1.85. The zero-order valence-corrected chi connectivity index (χ0v) is 10.6. The molecule has 94 valence electrons. The number of nitrogens with one attached hydrogen (secondary N) is 1. The van der Waals surface area contributed by atoms with Crippen molar-refractivity contribution in [2.45, 2.75) is 6.54 Å². The largest absolute Gasteiger partial charge is 0.366 e. The van der Waals surface area contributed by atoms with Gasteiger partial charge in [-0.05, 0) is 30.8 Å². The molecular formula is C12H13ClN4O. The number of hydrogen-bond donors (Lipinski definition) is 2. The fourth-order valence-electron chi connectivity index (χ4n) is 1.69. The zero-order chi connectivity index (χ0) is 13.1. The molecule has 3 N–H and O–H groups in total. The van der Waals surface area contributed by atoms with Crippen LogP contribution in [0.5, 0.6) is 0 Å². The van der Waals surface area contributed by atoms with Gasteiger partial charge in [-0.1, -0.05) is 11.6 Å². The highest BCUT2D eigenvalue weighted by molar-refractivity contribution is 6.30. The van der Waals surface area contributed by atoms with Crippen LogP contribution in [0.15, 0.2) is 30.6 Å². The Labute approximate surface area is 110 Å². The third-order valence-corrected chi connectivity index (χ3v) is 2.76. The van der Waals surface area contributed by atoms with E-state index in [0.717, 1.165) is 11.3 Å². The molecule has 6 heteroatoms. The molecule has 0 aliphatic rings. The van der Waals surface area contributed by atoms with Crippen LogP contribution in [0.25, 0.3) is 5.69 Å². The lowest BCUT2D eigenvalue weighted by Crippen LogP contribution is -2.10. The van der Waals surface area contributed by atoms with E-state index in [1.165, 1.54) is 6.20 Å². The summed E-state index contributed by atoms with van der Waals surface area (Å²) < 4.78 is 1.61. The molecule has 0 radical (unpaired) electrons. The van der Waals surface area contributed by atoms with E-state index in [0.29, 0.717) is 17.1 Å². The lowest BCUT2D eigenvalue weighted by Gasteiger charge is -2.09. The van der Waals surface area contributed by atoms with Crippen molar-refractivity contribution in [1.82, 2.24) is 15.1 Å². The smallest absolute Gasteiger partial charge is 0.251 e. The number of amides is 1. The van der Waals surface area contributed by atoms with Gasteiger partial charge in [-0.2, -0.15) is 5.10 Å². The summed E-state index contributed by atoms with van der Waals surface area (Å²) in [6.07, 6.45) is 3.05. The van der Waals surface area contributed by atoms with Crippen LogP contribution < -0.4 is 11.1 Å². The first-order valence-electron chi connectivity index (χ1n) is 5.39. The van der Waals surface area contributed by atoms with Crippen LogP contribution in [0.4, 0.5) is 0 Å². The maximum atomic E-state index is 11.0. The van der Waals surface area contributed by atoms with Crippen molar-refractivity contribution in [1.29, 1.82) is 0 Å². The fourth-order valence-corrected chi connectivity index (χ4v) is 1.89. The van der Waals surface area contributed by atoms with Gasteiger partial charge in [0.2, 0.25) is 0 Å². The first kappa shape index (κ1) is 12.6. The van der Waals surface area contributed by atoms with Crippen molar-refractivity contribution in [3.8, 4) is 5.69 Å². The first-order chi connectivity index (χ1) is 8.61. The highest BCUT2D eigenvalue weighted by Crippen LogP contribution is 2.19. The Morgan fingerprint density at radius 2 is 2.33 bits per heavy atom. The van der Waals surface area contributed by atoms with Gasteiger partial charge in [0, 0.05) is 17.8 Å². The number of aromatic nitrogens is 2. The van der Waals surface area contributed by atoms with Gasteiger partial charge >= 0.3 is 0 Å². The first-order valence-corrected chi connectivity index (χ1v) is 5.77. The van der Waals surface area contributed by atoms with Crippen molar-refractivity contribution < 1.29 is 4.79 Å². The van der Waals surface area contributed by atoms with Crippen molar-refractivity contribution >= 4 is 17.5 Å². The number of hydrogen-bond acceptors (Lipinski definition) is 3. The van der Waals surface area contributed by atoms with E-state index in [-0.39, 0.29) is 0 Å². The molecule has 0 aliphatic carbocycles. The topological polar surface area (TPSA) is 72.9 Å². The van der Waals surface area contributed by atoms with Crippen LogP contribution >= 0.6 is 11.6 Å². The molecule has 5 nitrogen and oxygen atoms in total. The number of nitrogens with two attached hydrogens (primary N) is 1. The number of halogens is 1. The molecule has 0 unspecified atom stereocenters. The Hall–Kier alpha value is -1.85. The second-order valence-electron chi connectivity index (χ2n) is 3.84. The highest BCUT2D eigenvalue weighted by atomic mass is 35.5. The minimum atomic E-state index is -0.495. The maximum absolute atomic E-state index is 11.0. The molecule has 1 aromatic carbocycles. The van der Waals surface area contributed by atoms with Crippen molar-refractivity contribution in [2.24, 2.45) is 5.73 Å². The Morgan fingerprint density at radius 3 is 2.94 bits per heavy atom. The Morgan fingerprint density at radius 1 is 1.56 bits per heavy atom. The Kier molecular flexibility index (Phi) is 3.64. The molecule has 0 saturated carbocycles. The third-order valence-electron chi connectivity index (χ3n) is 2.52. The lowest BCUT2D eigenvalue weighted by molar-refractivity contribution is 0.100. The number of rotatable bonds is 4. The average Bonchev–Trinajstić information content (AvgIpc) is 2.79. The maximum Gasteiger partial charge on any atom is 0.251 e. The molecule has 0 atom stereocenters. The van der Waals surface area contributed by atoms with Crippen molar-refractivity contribution in [2.75, 3.05) is 7.05 Å². The van der Waals surface area contributed by atoms with Gasteiger partial charge in [-0.15, -0.1) is 0 Å². The van der Waals surface area contributed by atoms with E-state index in [1.807, 2.05) is 19.2 Å². The average molecular weight is 265 g/mol. The predicted molar refractivity (Wildman–Crippen MR) is 69.9 cm³/mol. The van der Waals surface area contributed by atoms with Gasteiger partial charge in [-0.3, -0.25) is 4.79 Å². The summed E-state index contributed by atoms with van der Waals surface area (Å²) in [6.45, 7) is 0.654. The van der Waals surface area contributed by atoms with Gasteiger partial charge in [0.05, 0.1) is 17.4 Å². The second kappa shape index (κ2) is 5.20. The van der Waals surface area contributed by atoms with Gasteiger partial charge in [-0.25, -0.2) is 4.68 Å². The molecule has 2 aromatic rings. The quantitative estimate of drug-likeness (QED) is 0.875. The molecule has 0 fully saturated rings. The SMILES string of the molecule is CNCc1cc(Cl)ccc1-n1cc(C(N)=O)cn1. The number of benzene rings is 1. The van der Waals surface area contributed by atoms with E-state index < -0.39 is 5.91 Å². The monoisotopic (exact) mass is 264 g/mol. The summed E-state index contributed by atoms with van der Waals surface area (Å²) in [6, 6.07) is 5.49. The van der Waals surface area contributed by atoms with Gasteiger partial charge < -0.3 is 11.1 Å². The van der Waals surface area contributed by atoms with E-state index >= 15 is 0 Å². The van der Waals surface area contributed by atoms with Crippen LogP contribution in [0, 0.1) is 0 Å². The minimum absolute atomic E-state index is 0.375. The highest BCUT2D eigenvalue weighted by Gasteiger charge is 2.09. The van der Waals surface area contributed by atoms with Crippen LogP contribution in [0.1, 0.15) is 15.9 Å². The van der Waals surface area contributed by atoms with Gasteiger partial charge in [0.15, 0.2) is 0 Å². The van der Waals surface area contributed by atoms with Crippen molar-refractivity contribution in [3.05, 3.63) is 46.7 Å². The van der Waals surface area contributed by atoms with Crippen LogP contribution in [-0.4, -0.2) is 22.7 Å². The molecule has 2 rings (SSSR count). The van der Waals surface area contributed by atoms with E-state index in [9.17, 15) is 4.79 Å². The van der Waals surface area contributed by atoms with E-state index in [2.05, 4.69) is 10.4 Å². The predicted octanol–water partition coefficient (Wildman–Crippen LogP) is 1.34. The molecule has 0 aliphatic heterocycles. The third kappa shape index (κ3) is 2.52. The molecule has 1 amide bonds. The summed E-state index contributed by atoms with van der Waals surface area (Å²) in [5.74, 6) is -0.495. The Balaban J connectivity index is 2.45. The minimum Gasteiger partial charge on any atom is -0.366 e. The Bertz CT molecular complexity index is 579. The summed E-state index contributed by atoms with van der Waals surface area (Å²) in [5, 5.41) is 7.84. The zero-order valence-electron chi connectivity index (χ0n) is 9.85. The number of nitrogens with zero attached hydrogens (tertiary/aromatic N) is 2. The normalized spacial score (nSPS) is 10.6. The number of primary amides is 1. The van der Waals surface area contributed by atoms with Crippen LogP contribution in [-0.2, 0) is 6.54 Å². The van der Waals surface area contributed by atoms with Crippen molar-refractivity contribution in [3.63, 3.8) is 0 Å². The molecule has 18 heavy (non-hydrogen) atoms. The molecule has 0 spiro atoms. The molecule has 1 aromatic heterocycles. The molecule has 1 heterocycles. The van der Waals surface area contributed by atoms with Crippen LogP contribution in [0.2, 0.25) is 5.02 Å². The van der Waals surface area contributed by atoms with E-state index in [4.69, 9.17) is 17.3 Å². The number of carbonyl (C=O) groups excluding carboxylic acids is 1. The molecule has 0 saturated heterocycles. The summed E-state index contributed by atoms with van der Waals surface area (Å²) in [5.41, 5.74) is 7.43. The lowest BCUT2D eigenvalue weighted by atomic mass is 10.2. The summed E-state index contributed by atoms with van der Waals surface area (Å²) >= 11 is 5.96. The van der Waals surface area contributed by atoms with E-state index in [1.54, 1.807) is 16.9 Å². The van der Waals surface area contributed by atoms with Gasteiger partial charge in [0.1, 0.15) is 0 Å². The molecular weight excluding hydrogens is 252 g/mol. The van der Waals surface area contributed by atoms with Gasteiger partial charge in [0.25, 0.3) is 5.91 Å². The fraction of sp³-hybridized carbons (Fsp3) is 0.167. The number of carbonyl (C=O) groups is 1. The summed E-state index contributed by atoms with van der Waals surface area (Å²) in [4.78, 5) is 11.0.